The van der Waals surface area contributed by atoms with E-state index in [0.717, 1.165) is 60.4 Å². The highest BCUT2D eigenvalue weighted by molar-refractivity contribution is 5.92. The molecule has 0 atom stereocenters. The van der Waals surface area contributed by atoms with Crippen LogP contribution in [0.4, 0.5) is 0 Å². The minimum atomic E-state index is 0.0220. The highest BCUT2D eigenvalue weighted by Gasteiger charge is 2.19. The monoisotopic (exact) mass is 438 g/mol. The Morgan fingerprint density at radius 1 is 1.03 bits per heavy atom. The first-order valence-electron chi connectivity index (χ1n) is 11.1. The molecule has 166 valence electrons. The summed E-state index contributed by atoms with van der Waals surface area (Å²) < 4.78 is 0. The molecule has 2 aromatic carbocycles. The summed E-state index contributed by atoms with van der Waals surface area (Å²) in [6, 6.07) is 15.1. The summed E-state index contributed by atoms with van der Waals surface area (Å²) in [5, 5.41) is 15.4. The number of carbonyl (C=O) groups excluding carboxylic acids is 1. The van der Waals surface area contributed by atoms with Gasteiger partial charge in [0.15, 0.2) is 0 Å². The second-order valence-electron chi connectivity index (χ2n) is 8.24. The molecule has 1 saturated heterocycles. The third-order valence-corrected chi connectivity index (χ3v) is 6.10. The Balaban J connectivity index is 1.28. The first-order valence-corrected chi connectivity index (χ1v) is 11.1. The second kappa shape index (κ2) is 9.26. The second-order valence-corrected chi connectivity index (χ2v) is 8.24. The number of hydrogen-bond acceptors (Lipinski definition) is 4. The van der Waals surface area contributed by atoms with Gasteiger partial charge >= 0.3 is 0 Å². The topological polar surface area (TPSA) is 80.9 Å². The van der Waals surface area contributed by atoms with Crippen molar-refractivity contribution in [3.8, 4) is 11.1 Å². The lowest BCUT2D eigenvalue weighted by Gasteiger charge is -2.34. The van der Waals surface area contributed by atoms with Gasteiger partial charge in [0, 0.05) is 49.9 Å². The Morgan fingerprint density at radius 2 is 1.82 bits per heavy atom. The van der Waals surface area contributed by atoms with Crippen LogP contribution in [0.2, 0.25) is 0 Å². The standard InChI is InChI=1S/C26H26N6O/c1-2-26(33)32-13-11-31(12-14-32)18-19-3-6-21(7-4-19)22-8-10-25-23(15-22)24(29-30-25)9-5-20-16-27-28-17-20/h2-10,15-17H,1,11-14,18H2,(H,27,28)(H,29,30)/b9-5+. The van der Waals surface area contributed by atoms with E-state index in [1.165, 1.54) is 17.2 Å². The third kappa shape index (κ3) is 4.63. The van der Waals surface area contributed by atoms with Crippen LogP contribution in [0.3, 0.4) is 0 Å². The van der Waals surface area contributed by atoms with Gasteiger partial charge in [0.05, 0.1) is 17.4 Å². The normalized spacial score (nSPS) is 14.8. The van der Waals surface area contributed by atoms with Crippen molar-refractivity contribution in [3.05, 3.63) is 84.3 Å². The predicted molar refractivity (Wildman–Crippen MR) is 131 cm³/mol. The van der Waals surface area contributed by atoms with Gasteiger partial charge in [-0.05, 0) is 47.1 Å². The number of piperazine rings is 1. The Labute approximate surface area is 192 Å². The number of amides is 1. The van der Waals surface area contributed by atoms with Crippen molar-refractivity contribution in [3.63, 3.8) is 0 Å². The summed E-state index contributed by atoms with van der Waals surface area (Å²) in [7, 11) is 0. The molecule has 33 heavy (non-hydrogen) atoms. The van der Waals surface area contributed by atoms with Crippen molar-refractivity contribution in [2.45, 2.75) is 6.54 Å². The van der Waals surface area contributed by atoms with Gasteiger partial charge in [-0.2, -0.15) is 10.2 Å². The van der Waals surface area contributed by atoms with Crippen LogP contribution < -0.4 is 0 Å². The summed E-state index contributed by atoms with van der Waals surface area (Å²) in [6.07, 6.45) is 9.01. The van der Waals surface area contributed by atoms with E-state index in [0.29, 0.717) is 0 Å². The third-order valence-electron chi connectivity index (χ3n) is 6.10. The first kappa shape index (κ1) is 20.9. The van der Waals surface area contributed by atoms with Crippen molar-refractivity contribution >= 4 is 29.0 Å². The molecule has 2 aromatic heterocycles. The van der Waals surface area contributed by atoms with Crippen molar-refractivity contribution in [1.82, 2.24) is 30.2 Å². The minimum Gasteiger partial charge on any atom is -0.337 e. The number of nitrogens with zero attached hydrogens (tertiary/aromatic N) is 4. The molecule has 0 spiro atoms. The number of carbonyl (C=O) groups is 1. The summed E-state index contributed by atoms with van der Waals surface area (Å²) in [5.41, 5.74) is 6.52. The Morgan fingerprint density at radius 3 is 2.55 bits per heavy atom. The number of benzene rings is 2. The molecule has 0 aliphatic carbocycles. The predicted octanol–water partition coefficient (Wildman–Crippen LogP) is 3.95. The molecule has 0 unspecified atom stereocenters. The van der Waals surface area contributed by atoms with Gasteiger partial charge in [-0.15, -0.1) is 0 Å². The lowest BCUT2D eigenvalue weighted by Crippen LogP contribution is -2.47. The summed E-state index contributed by atoms with van der Waals surface area (Å²) in [6.45, 7) is 7.74. The molecule has 1 aliphatic rings. The molecule has 2 N–H and O–H groups in total. The number of H-pyrrole nitrogens is 2. The summed E-state index contributed by atoms with van der Waals surface area (Å²) in [5.74, 6) is 0.0220. The van der Waals surface area contributed by atoms with Gasteiger partial charge < -0.3 is 4.90 Å². The Kier molecular flexibility index (Phi) is 5.87. The molecule has 1 fully saturated rings. The van der Waals surface area contributed by atoms with Crippen molar-refractivity contribution in [2.24, 2.45) is 0 Å². The van der Waals surface area contributed by atoms with E-state index in [9.17, 15) is 4.79 Å². The lowest BCUT2D eigenvalue weighted by molar-refractivity contribution is -0.127. The van der Waals surface area contributed by atoms with Gasteiger partial charge in [0.1, 0.15) is 0 Å². The van der Waals surface area contributed by atoms with Gasteiger partial charge in [-0.25, -0.2) is 0 Å². The average molecular weight is 439 g/mol. The molecule has 7 heteroatoms. The molecule has 0 radical (unpaired) electrons. The van der Waals surface area contributed by atoms with E-state index >= 15 is 0 Å². The van der Waals surface area contributed by atoms with Crippen LogP contribution in [0, 0.1) is 0 Å². The molecule has 4 aromatic rings. The molecule has 1 aliphatic heterocycles. The maximum absolute atomic E-state index is 11.8. The van der Waals surface area contributed by atoms with Crippen LogP contribution in [-0.4, -0.2) is 62.3 Å². The molecule has 0 bridgehead atoms. The average Bonchev–Trinajstić information content (AvgIpc) is 3.53. The zero-order valence-electron chi connectivity index (χ0n) is 18.4. The molecule has 5 rings (SSSR count). The van der Waals surface area contributed by atoms with Crippen molar-refractivity contribution in [2.75, 3.05) is 26.2 Å². The van der Waals surface area contributed by atoms with E-state index in [2.05, 4.69) is 74.3 Å². The van der Waals surface area contributed by atoms with Crippen LogP contribution in [0.5, 0.6) is 0 Å². The number of nitrogens with one attached hydrogen (secondary N) is 2. The van der Waals surface area contributed by atoms with Crippen LogP contribution in [0.1, 0.15) is 16.8 Å². The maximum Gasteiger partial charge on any atom is 0.246 e. The fraction of sp³-hybridized carbons (Fsp3) is 0.192. The number of aromatic amines is 2. The minimum absolute atomic E-state index is 0.0220. The zero-order chi connectivity index (χ0) is 22.6. The lowest BCUT2D eigenvalue weighted by atomic mass is 10.0. The molecule has 0 saturated carbocycles. The zero-order valence-corrected chi connectivity index (χ0v) is 18.4. The molecule has 1 amide bonds. The number of fused-ring (bicyclic) bond motifs is 1. The van der Waals surface area contributed by atoms with E-state index in [1.807, 2.05) is 23.2 Å². The maximum atomic E-state index is 11.8. The first-order chi connectivity index (χ1) is 16.2. The smallest absolute Gasteiger partial charge is 0.246 e. The van der Waals surface area contributed by atoms with Crippen molar-refractivity contribution in [1.29, 1.82) is 0 Å². The molecular weight excluding hydrogens is 412 g/mol. The van der Waals surface area contributed by atoms with Crippen molar-refractivity contribution < 1.29 is 4.79 Å². The van der Waals surface area contributed by atoms with E-state index in [4.69, 9.17) is 0 Å². The van der Waals surface area contributed by atoms with Gasteiger partial charge in [0.2, 0.25) is 5.91 Å². The Hall–Kier alpha value is -3.97. The van der Waals surface area contributed by atoms with Crippen LogP contribution in [0.15, 0.2) is 67.5 Å². The summed E-state index contributed by atoms with van der Waals surface area (Å²) in [4.78, 5) is 16.0. The molecule has 7 nitrogen and oxygen atoms in total. The van der Waals surface area contributed by atoms with Gasteiger partial charge in [0.25, 0.3) is 0 Å². The van der Waals surface area contributed by atoms with Crippen LogP contribution >= 0.6 is 0 Å². The molecular formula is C26H26N6O. The van der Waals surface area contributed by atoms with E-state index < -0.39 is 0 Å². The number of hydrogen-bond donors (Lipinski definition) is 2. The van der Waals surface area contributed by atoms with E-state index in [1.54, 1.807) is 6.20 Å². The SMILES string of the molecule is C=CC(=O)N1CCN(Cc2ccc(-c3ccc4[nH]nc(/C=C/c5cn[nH]c5)c4c3)cc2)CC1. The highest BCUT2D eigenvalue weighted by Crippen LogP contribution is 2.27. The van der Waals surface area contributed by atoms with Gasteiger partial charge in [-0.3, -0.25) is 19.9 Å². The van der Waals surface area contributed by atoms with E-state index in [-0.39, 0.29) is 5.91 Å². The van der Waals surface area contributed by atoms with Gasteiger partial charge in [-0.1, -0.05) is 36.9 Å². The van der Waals surface area contributed by atoms with Crippen LogP contribution in [-0.2, 0) is 11.3 Å². The highest BCUT2D eigenvalue weighted by atomic mass is 16.2. The quantitative estimate of drug-likeness (QED) is 0.447. The number of aromatic nitrogens is 4. The Bertz CT molecular complexity index is 1280. The fourth-order valence-electron chi connectivity index (χ4n) is 4.18. The largest absolute Gasteiger partial charge is 0.337 e. The fourth-order valence-corrected chi connectivity index (χ4v) is 4.18. The van der Waals surface area contributed by atoms with Crippen LogP contribution in [0.25, 0.3) is 34.2 Å². The molecule has 3 heterocycles. The summed E-state index contributed by atoms with van der Waals surface area (Å²) >= 11 is 0. The number of rotatable bonds is 6.